The van der Waals surface area contributed by atoms with Crippen molar-refractivity contribution in [1.29, 1.82) is 0 Å². The molecule has 0 unspecified atom stereocenters. The molecule has 2 aliphatic rings. The molecule has 0 heterocycles. The molecule has 0 spiro atoms. The van der Waals surface area contributed by atoms with Gasteiger partial charge >= 0.3 is 5.97 Å². The summed E-state index contributed by atoms with van der Waals surface area (Å²) in [6, 6.07) is 0. The molecular formula is C13H10N4O2. The van der Waals surface area contributed by atoms with E-state index >= 15 is 0 Å². The number of nitrogens with zero attached hydrogens (tertiary/aromatic N) is 4. The number of hydrogen-bond donors (Lipinski definition) is 0. The van der Waals surface area contributed by atoms with Crippen LogP contribution < -0.4 is 0 Å². The molecular weight excluding hydrogens is 244 g/mol. The average Bonchev–Trinajstić information content (AvgIpc) is 2.47. The molecule has 6 heteroatoms. The van der Waals surface area contributed by atoms with Crippen LogP contribution in [0.1, 0.15) is 12.8 Å². The van der Waals surface area contributed by atoms with Crippen molar-refractivity contribution in [2.75, 3.05) is 0 Å². The predicted octanol–water partition coefficient (Wildman–Crippen LogP) is 1.60. The highest BCUT2D eigenvalue weighted by molar-refractivity contribution is 6.03. The smallest absolute Gasteiger partial charge is 0.339 e. The average molecular weight is 254 g/mol. The third-order valence-electron chi connectivity index (χ3n) is 2.63. The minimum absolute atomic E-state index is 0.218. The molecule has 6 nitrogen and oxygen atoms in total. The SMILES string of the molecule is [N-]=[N+]=C1C=CC=C(OC(=O)C2=CC=CC(=[N+]=[N-])C2)C1. The van der Waals surface area contributed by atoms with Crippen LogP contribution in [0.25, 0.3) is 11.1 Å². The maximum absolute atomic E-state index is 11.9. The number of ether oxygens (including phenoxy) is 1. The Morgan fingerprint density at radius 3 is 2.37 bits per heavy atom. The molecule has 0 aromatic rings. The van der Waals surface area contributed by atoms with Crippen molar-refractivity contribution in [3.05, 3.63) is 58.9 Å². The highest BCUT2D eigenvalue weighted by atomic mass is 16.5. The predicted molar refractivity (Wildman–Crippen MR) is 67.0 cm³/mol. The Morgan fingerprint density at radius 1 is 1.05 bits per heavy atom. The largest absolute Gasteiger partial charge is 0.427 e. The van der Waals surface area contributed by atoms with E-state index in [2.05, 4.69) is 9.58 Å². The summed E-state index contributed by atoms with van der Waals surface area (Å²) in [7, 11) is 0. The van der Waals surface area contributed by atoms with Crippen molar-refractivity contribution in [3.8, 4) is 0 Å². The van der Waals surface area contributed by atoms with Gasteiger partial charge in [-0.3, -0.25) is 0 Å². The minimum atomic E-state index is -0.510. The van der Waals surface area contributed by atoms with Gasteiger partial charge in [-0.05, 0) is 6.08 Å². The molecule has 0 aromatic heterocycles. The van der Waals surface area contributed by atoms with Gasteiger partial charge in [-0.25, -0.2) is 4.79 Å². The molecule has 0 atom stereocenters. The first-order valence-electron chi connectivity index (χ1n) is 5.61. The molecule has 0 bridgehead atoms. The van der Waals surface area contributed by atoms with E-state index in [0.717, 1.165) is 0 Å². The van der Waals surface area contributed by atoms with Gasteiger partial charge in [0.2, 0.25) is 0 Å². The summed E-state index contributed by atoms with van der Waals surface area (Å²) in [5.41, 5.74) is 18.5. The van der Waals surface area contributed by atoms with Crippen LogP contribution in [0.5, 0.6) is 0 Å². The van der Waals surface area contributed by atoms with Crippen LogP contribution in [0.15, 0.2) is 47.8 Å². The zero-order valence-electron chi connectivity index (χ0n) is 9.98. The summed E-state index contributed by atoms with van der Waals surface area (Å²) in [5.74, 6) is -0.109. The Kier molecular flexibility index (Phi) is 3.78. The van der Waals surface area contributed by atoms with Gasteiger partial charge in [0.15, 0.2) is 0 Å². The quantitative estimate of drug-likeness (QED) is 0.424. The summed E-state index contributed by atoms with van der Waals surface area (Å²) in [6.45, 7) is 0. The molecule has 19 heavy (non-hydrogen) atoms. The number of rotatable bonds is 2. The van der Waals surface area contributed by atoms with Crippen LogP contribution >= 0.6 is 0 Å². The maximum Gasteiger partial charge on any atom is 0.339 e. The van der Waals surface area contributed by atoms with E-state index in [1.807, 2.05) is 0 Å². The molecule has 0 saturated carbocycles. The topological polar surface area (TPSA) is 99.1 Å². The highest BCUT2D eigenvalue weighted by Crippen LogP contribution is 2.16. The van der Waals surface area contributed by atoms with Crippen molar-refractivity contribution < 1.29 is 19.1 Å². The van der Waals surface area contributed by atoms with Gasteiger partial charge in [0.1, 0.15) is 12.2 Å². The third-order valence-corrected chi connectivity index (χ3v) is 2.63. The van der Waals surface area contributed by atoms with Gasteiger partial charge in [-0.1, -0.05) is 18.2 Å². The fraction of sp³-hybridized carbons (Fsp3) is 0.154. The fourth-order valence-corrected chi connectivity index (χ4v) is 1.68. The van der Waals surface area contributed by atoms with Crippen LogP contribution in [0.3, 0.4) is 0 Å². The molecule has 0 amide bonds. The Hall–Kier alpha value is -2.81. The summed E-state index contributed by atoms with van der Waals surface area (Å²) >= 11 is 0. The number of carbonyl (C=O) groups is 1. The van der Waals surface area contributed by atoms with E-state index in [9.17, 15) is 4.79 Å². The van der Waals surface area contributed by atoms with Gasteiger partial charge in [0.05, 0.1) is 6.42 Å². The van der Waals surface area contributed by atoms with E-state index in [-0.39, 0.29) is 12.8 Å². The maximum atomic E-state index is 11.9. The summed E-state index contributed by atoms with van der Waals surface area (Å²) in [6.07, 6.45) is 10.2. The van der Waals surface area contributed by atoms with Gasteiger partial charge in [0.25, 0.3) is 11.4 Å². The molecule has 0 fully saturated rings. The fourth-order valence-electron chi connectivity index (χ4n) is 1.68. The van der Waals surface area contributed by atoms with Crippen LogP contribution in [0.4, 0.5) is 0 Å². The van der Waals surface area contributed by atoms with Crippen molar-refractivity contribution in [3.63, 3.8) is 0 Å². The zero-order valence-corrected chi connectivity index (χ0v) is 9.98. The van der Waals surface area contributed by atoms with Gasteiger partial charge in [0, 0.05) is 17.7 Å². The Labute approximate surface area is 109 Å². The van der Waals surface area contributed by atoms with Crippen molar-refractivity contribution in [2.24, 2.45) is 0 Å². The van der Waals surface area contributed by atoms with E-state index in [4.69, 9.17) is 15.8 Å². The number of carbonyl (C=O) groups excluding carboxylic acids is 1. The lowest BCUT2D eigenvalue weighted by molar-refractivity contribution is -0.135. The van der Waals surface area contributed by atoms with Gasteiger partial charge < -0.3 is 15.8 Å². The lowest BCUT2D eigenvalue weighted by atomic mass is 10.0. The first-order chi connectivity index (χ1) is 9.22. The number of esters is 1. The van der Waals surface area contributed by atoms with E-state index in [1.54, 1.807) is 36.5 Å². The first kappa shape index (κ1) is 12.6. The molecule has 0 aromatic carbocycles. The number of allylic oxidation sites excluding steroid dienone is 7. The minimum Gasteiger partial charge on any atom is -0.427 e. The molecule has 0 saturated heterocycles. The summed E-state index contributed by atoms with van der Waals surface area (Å²) < 4.78 is 5.20. The summed E-state index contributed by atoms with van der Waals surface area (Å²) in [4.78, 5) is 18.0. The lowest BCUT2D eigenvalue weighted by Gasteiger charge is -2.10. The van der Waals surface area contributed by atoms with Crippen LogP contribution in [-0.2, 0) is 9.53 Å². The van der Waals surface area contributed by atoms with Crippen molar-refractivity contribution in [1.82, 2.24) is 0 Å². The standard InChI is InChI=1S/C13H10N4O2/c14-16-10-4-1-3-9(7-10)13(18)19-12-6-2-5-11(8-12)17-15/h1-6H,7-8H2. The van der Waals surface area contributed by atoms with Crippen LogP contribution in [-0.4, -0.2) is 27.0 Å². The Balaban J connectivity index is 2.07. The Morgan fingerprint density at radius 2 is 1.68 bits per heavy atom. The normalized spacial score (nSPS) is 17.3. The second kappa shape index (κ2) is 5.69. The molecule has 2 rings (SSSR count). The molecule has 94 valence electrons. The van der Waals surface area contributed by atoms with E-state index in [0.29, 0.717) is 22.8 Å². The van der Waals surface area contributed by atoms with Gasteiger partial charge in [-0.15, -0.1) is 0 Å². The second-order valence-electron chi connectivity index (χ2n) is 3.97. The Bertz CT molecular complexity index is 640. The second-order valence-corrected chi connectivity index (χ2v) is 3.97. The monoisotopic (exact) mass is 254 g/mol. The summed E-state index contributed by atoms with van der Waals surface area (Å²) in [5, 5.41) is 0. The van der Waals surface area contributed by atoms with E-state index < -0.39 is 5.97 Å². The lowest BCUT2D eigenvalue weighted by Crippen LogP contribution is -2.15. The van der Waals surface area contributed by atoms with Gasteiger partial charge in [-0.2, -0.15) is 9.58 Å². The molecule has 0 aliphatic heterocycles. The third kappa shape index (κ3) is 3.10. The molecule has 0 radical (unpaired) electrons. The molecule has 2 aliphatic carbocycles. The first-order valence-corrected chi connectivity index (χ1v) is 5.61. The van der Waals surface area contributed by atoms with E-state index in [1.165, 1.54) is 0 Å². The van der Waals surface area contributed by atoms with Crippen molar-refractivity contribution in [2.45, 2.75) is 12.8 Å². The number of hydrogen-bond acceptors (Lipinski definition) is 2. The zero-order chi connectivity index (χ0) is 13.7. The molecule has 0 N–H and O–H groups in total. The highest BCUT2D eigenvalue weighted by Gasteiger charge is 2.22. The van der Waals surface area contributed by atoms with Crippen molar-refractivity contribution >= 4 is 17.4 Å². The van der Waals surface area contributed by atoms with Crippen LogP contribution in [0.2, 0.25) is 0 Å². The van der Waals surface area contributed by atoms with Crippen LogP contribution in [0, 0.1) is 0 Å².